The van der Waals surface area contributed by atoms with Crippen molar-refractivity contribution in [1.82, 2.24) is 4.90 Å². The first kappa shape index (κ1) is 9.97. The number of nitrogens with zero attached hydrogens (tertiary/aromatic N) is 1. The monoisotopic (exact) mass is 196 g/mol. The minimum atomic E-state index is -0.466. The Labute approximate surface area is 85.6 Å². The van der Waals surface area contributed by atoms with Crippen LogP contribution in [0.15, 0.2) is 0 Å². The van der Waals surface area contributed by atoms with Crippen molar-refractivity contribution in [3.63, 3.8) is 0 Å². The van der Waals surface area contributed by atoms with Gasteiger partial charge in [-0.05, 0) is 31.1 Å². The Morgan fingerprint density at radius 2 is 2.14 bits per heavy atom. The topological polar surface area (TPSA) is 46.3 Å². The SMILES string of the molecule is CC(C)C1CCN(C(=O)C2(N)CC2)C1. The van der Waals surface area contributed by atoms with Gasteiger partial charge in [0.15, 0.2) is 0 Å². The summed E-state index contributed by atoms with van der Waals surface area (Å²) in [5.74, 6) is 1.56. The molecular formula is C11H20N2O. The smallest absolute Gasteiger partial charge is 0.242 e. The van der Waals surface area contributed by atoms with Crippen molar-refractivity contribution in [2.45, 2.75) is 38.6 Å². The van der Waals surface area contributed by atoms with Gasteiger partial charge in [-0.25, -0.2) is 0 Å². The number of amides is 1. The predicted octanol–water partition coefficient (Wildman–Crippen LogP) is 0.982. The number of hydrogen-bond donors (Lipinski definition) is 1. The summed E-state index contributed by atoms with van der Waals surface area (Å²) in [6.07, 6.45) is 2.92. The molecule has 2 fully saturated rings. The lowest BCUT2D eigenvalue weighted by atomic mass is 9.95. The maximum Gasteiger partial charge on any atom is 0.242 e. The largest absolute Gasteiger partial charge is 0.341 e. The van der Waals surface area contributed by atoms with Crippen LogP contribution >= 0.6 is 0 Å². The molecule has 2 aliphatic rings. The third kappa shape index (κ3) is 1.65. The van der Waals surface area contributed by atoms with Gasteiger partial charge in [0, 0.05) is 13.1 Å². The van der Waals surface area contributed by atoms with E-state index < -0.39 is 5.54 Å². The maximum atomic E-state index is 11.9. The molecule has 1 atom stereocenters. The zero-order valence-corrected chi connectivity index (χ0v) is 9.12. The molecule has 0 radical (unpaired) electrons. The Morgan fingerprint density at radius 3 is 2.57 bits per heavy atom. The van der Waals surface area contributed by atoms with Crippen LogP contribution in [0.3, 0.4) is 0 Å². The predicted molar refractivity (Wildman–Crippen MR) is 55.7 cm³/mol. The second-order valence-electron chi connectivity index (χ2n) is 5.20. The van der Waals surface area contributed by atoms with E-state index in [1.165, 1.54) is 0 Å². The molecule has 0 aromatic heterocycles. The van der Waals surface area contributed by atoms with Crippen molar-refractivity contribution >= 4 is 5.91 Å². The Bertz CT molecular complexity index is 246. The van der Waals surface area contributed by atoms with Gasteiger partial charge >= 0.3 is 0 Å². The first-order chi connectivity index (χ1) is 6.53. The van der Waals surface area contributed by atoms with Crippen molar-refractivity contribution in [2.24, 2.45) is 17.6 Å². The molecule has 0 aromatic rings. The molecule has 0 spiro atoms. The molecule has 1 amide bonds. The summed E-state index contributed by atoms with van der Waals surface area (Å²) in [5.41, 5.74) is 5.43. The quantitative estimate of drug-likeness (QED) is 0.715. The lowest BCUT2D eigenvalue weighted by Gasteiger charge is -2.21. The fourth-order valence-electron chi connectivity index (χ4n) is 2.18. The summed E-state index contributed by atoms with van der Waals surface area (Å²) >= 11 is 0. The average molecular weight is 196 g/mol. The highest BCUT2D eigenvalue weighted by molar-refractivity contribution is 5.89. The first-order valence-electron chi connectivity index (χ1n) is 5.61. The molecule has 80 valence electrons. The van der Waals surface area contributed by atoms with E-state index in [2.05, 4.69) is 13.8 Å². The molecule has 3 heteroatoms. The summed E-state index contributed by atoms with van der Waals surface area (Å²) in [6, 6.07) is 0. The van der Waals surface area contributed by atoms with Crippen LogP contribution in [0, 0.1) is 11.8 Å². The Balaban J connectivity index is 1.92. The van der Waals surface area contributed by atoms with Crippen LogP contribution in [0.5, 0.6) is 0 Å². The highest BCUT2D eigenvalue weighted by Crippen LogP contribution is 2.36. The second-order valence-corrected chi connectivity index (χ2v) is 5.20. The summed E-state index contributed by atoms with van der Waals surface area (Å²) < 4.78 is 0. The molecule has 1 saturated carbocycles. The van der Waals surface area contributed by atoms with Gasteiger partial charge in [0.25, 0.3) is 0 Å². The third-order valence-electron chi connectivity index (χ3n) is 3.67. The molecule has 1 heterocycles. The van der Waals surface area contributed by atoms with E-state index in [9.17, 15) is 4.79 Å². The minimum Gasteiger partial charge on any atom is -0.341 e. The third-order valence-corrected chi connectivity index (χ3v) is 3.67. The van der Waals surface area contributed by atoms with Gasteiger partial charge in [-0.2, -0.15) is 0 Å². The standard InChI is InChI=1S/C11H20N2O/c1-8(2)9-3-6-13(7-9)10(14)11(12)4-5-11/h8-9H,3-7,12H2,1-2H3. The number of nitrogens with two attached hydrogens (primary N) is 1. The van der Waals surface area contributed by atoms with Crippen LogP contribution in [0.2, 0.25) is 0 Å². The number of carbonyl (C=O) groups excluding carboxylic acids is 1. The van der Waals surface area contributed by atoms with Gasteiger partial charge in [0.2, 0.25) is 5.91 Å². The van der Waals surface area contributed by atoms with Gasteiger partial charge in [0.05, 0.1) is 5.54 Å². The normalized spacial score (nSPS) is 29.7. The van der Waals surface area contributed by atoms with Crippen LogP contribution in [0.25, 0.3) is 0 Å². The number of hydrogen-bond acceptors (Lipinski definition) is 2. The van der Waals surface area contributed by atoms with Gasteiger partial charge in [-0.3, -0.25) is 4.79 Å². The van der Waals surface area contributed by atoms with Crippen molar-refractivity contribution in [3.05, 3.63) is 0 Å². The molecule has 1 aliphatic heterocycles. The highest BCUT2D eigenvalue weighted by atomic mass is 16.2. The Kier molecular flexibility index (Phi) is 2.30. The molecule has 1 saturated heterocycles. The van der Waals surface area contributed by atoms with E-state index >= 15 is 0 Å². The summed E-state index contributed by atoms with van der Waals surface area (Å²) in [7, 11) is 0. The molecule has 0 aromatic carbocycles. The number of carbonyl (C=O) groups is 1. The van der Waals surface area contributed by atoms with E-state index in [1.807, 2.05) is 4.90 Å². The highest BCUT2D eigenvalue weighted by Gasteiger charge is 2.49. The van der Waals surface area contributed by atoms with Crippen molar-refractivity contribution < 1.29 is 4.79 Å². The second kappa shape index (κ2) is 3.23. The van der Waals surface area contributed by atoms with E-state index in [-0.39, 0.29) is 5.91 Å². The molecule has 0 bridgehead atoms. The fraction of sp³-hybridized carbons (Fsp3) is 0.909. The lowest BCUT2D eigenvalue weighted by Crippen LogP contribution is -2.44. The minimum absolute atomic E-state index is 0.195. The first-order valence-corrected chi connectivity index (χ1v) is 5.61. The van der Waals surface area contributed by atoms with Crippen LogP contribution < -0.4 is 5.73 Å². The van der Waals surface area contributed by atoms with Crippen LogP contribution in [-0.2, 0) is 4.79 Å². The number of rotatable bonds is 2. The van der Waals surface area contributed by atoms with Crippen molar-refractivity contribution in [3.8, 4) is 0 Å². The summed E-state index contributed by atoms with van der Waals surface area (Å²) in [6.45, 7) is 6.30. The van der Waals surface area contributed by atoms with Crippen molar-refractivity contribution in [1.29, 1.82) is 0 Å². The molecule has 14 heavy (non-hydrogen) atoms. The molecule has 2 N–H and O–H groups in total. The van der Waals surface area contributed by atoms with E-state index in [1.54, 1.807) is 0 Å². The van der Waals surface area contributed by atoms with Crippen molar-refractivity contribution in [2.75, 3.05) is 13.1 Å². The lowest BCUT2D eigenvalue weighted by molar-refractivity contribution is -0.132. The molecule has 1 aliphatic carbocycles. The fourth-order valence-corrected chi connectivity index (χ4v) is 2.18. The van der Waals surface area contributed by atoms with E-state index in [0.717, 1.165) is 32.4 Å². The van der Waals surface area contributed by atoms with Gasteiger partial charge in [0.1, 0.15) is 0 Å². The molecule has 1 unspecified atom stereocenters. The Morgan fingerprint density at radius 1 is 1.50 bits per heavy atom. The van der Waals surface area contributed by atoms with E-state index in [0.29, 0.717) is 11.8 Å². The zero-order valence-electron chi connectivity index (χ0n) is 9.12. The van der Waals surface area contributed by atoms with Gasteiger partial charge < -0.3 is 10.6 Å². The molecule has 3 nitrogen and oxygen atoms in total. The van der Waals surface area contributed by atoms with Crippen LogP contribution in [-0.4, -0.2) is 29.4 Å². The zero-order chi connectivity index (χ0) is 10.3. The summed E-state index contributed by atoms with van der Waals surface area (Å²) in [5, 5.41) is 0. The molecular weight excluding hydrogens is 176 g/mol. The van der Waals surface area contributed by atoms with E-state index in [4.69, 9.17) is 5.73 Å². The average Bonchev–Trinajstić information content (AvgIpc) is 2.69. The number of likely N-dealkylation sites (tertiary alicyclic amines) is 1. The van der Waals surface area contributed by atoms with Gasteiger partial charge in [-0.1, -0.05) is 13.8 Å². The maximum absolute atomic E-state index is 11.9. The summed E-state index contributed by atoms with van der Waals surface area (Å²) in [4.78, 5) is 13.9. The van der Waals surface area contributed by atoms with Crippen LogP contribution in [0.4, 0.5) is 0 Å². The Hall–Kier alpha value is -0.570. The van der Waals surface area contributed by atoms with Gasteiger partial charge in [-0.15, -0.1) is 0 Å². The molecule has 2 rings (SSSR count). The van der Waals surface area contributed by atoms with Crippen LogP contribution in [0.1, 0.15) is 33.1 Å².